The Morgan fingerprint density at radius 2 is 1.86 bits per heavy atom. The Hall–Kier alpha value is -4.36. The summed E-state index contributed by atoms with van der Waals surface area (Å²) in [4.78, 5) is 23.7. The van der Waals surface area contributed by atoms with E-state index < -0.39 is 34.5 Å². The number of pyridine rings is 2. The first-order valence-corrected chi connectivity index (χ1v) is 13.4. The fourth-order valence-electron chi connectivity index (χ4n) is 5.35. The van der Waals surface area contributed by atoms with Gasteiger partial charge in [-0.05, 0) is 24.1 Å². The molecule has 1 aliphatic rings. The maximum absolute atomic E-state index is 14.9. The molecule has 0 radical (unpaired) electrons. The number of benzene rings is 1. The topological polar surface area (TPSA) is 121 Å². The molecule has 10 nitrogen and oxygen atoms in total. The van der Waals surface area contributed by atoms with Crippen molar-refractivity contribution in [2.45, 2.75) is 25.4 Å². The van der Waals surface area contributed by atoms with Gasteiger partial charge >= 0.3 is 0 Å². The van der Waals surface area contributed by atoms with E-state index in [2.05, 4.69) is 32.1 Å². The summed E-state index contributed by atoms with van der Waals surface area (Å²) < 4.78 is 56.5. The van der Waals surface area contributed by atoms with Crippen LogP contribution in [0.2, 0.25) is 0 Å². The zero-order valence-corrected chi connectivity index (χ0v) is 23.1. The molecule has 3 atom stereocenters. The van der Waals surface area contributed by atoms with Crippen molar-refractivity contribution in [2.75, 3.05) is 38.3 Å². The van der Waals surface area contributed by atoms with Crippen molar-refractivity contribution in [1.29, 1.82) is 0 Å². The minimum atomic E-state index is -1.08. The van der Waals surface area contributed by atoms with Crippen LogP contribution in [-0.2, 0) is 11.2 Å². The van der Waals surface area contributed by atoms with Gasteiger partial charge < -0.3 is 20.1 Å². The highest BCUT2D eigenvalue weighted by Gasteiger charge is 2.35. The van der Waals surface area contributed by atoms with Gasteiger partial charge in [-0.15, -0.1) is 5.10 Å². The highest BCUT2D eigenvalue weighted by atomic mass is 19.1. The summed E-state index contributed by atoms with van der Waals surface area (Å²) in [5.74, 6) is -3.56. The number of carbonyl (C=O) groups excluding carboxylic acids is 1. The number of aromatic nitrogens is 5. The second-order valence-electron chi connectivity index (χ2n) is 10.2. The molecule has 1 aromatic carbocycles. The van der Waals surface area contributed by atoms with Crippen LogP contribution < -0.4 is 15.4 Å². The number of anilines is 1. The Balaban J connectivity index is 1.37. The first-order chi connectivity index (χ1) is 20.3. The smallest absolute Gasteiger partial charge is 0.185 e. The van der Waals surface area contributed by atoms with Crippen LogP contribution in [0.4, 0.5) is 18.9 Å². The fraction of sp³-hybridized carbons (Fsp3) is 0.345. The lowest BCUT2D eigenvalue weighted by Gasteiger charge is -2.42. The number of rotatable bonds is 10. The number of carbonyl (C=O) groups is 1. The van der Waals surface area contributed by atoms with E-state index in [1.807, 2.05) is 6.07 Å². The Morgan fingerprint density at radius 3 is 2.55 bits per heavy atom. The molecule has 1 saturated heterocycles. The monoisotopic (exact) mass is 581 g/mol. The number of piperidine rings is 1. The Morgan fingerprint density at radius 1 is 1.07 bits per heavy atom. The standard InChI is InChI=1S/C29H30F3N7O3/c1-17-15-38(16-23(33)29(17)39-8-7-35-37-39)25-5-6-34-14-18(25)11-26(40)24-4-3-20(30)28(36-24)27-21(31)12-19(13-22(27)32)42-10-9-41-2/h3-8,12-14,17,23,29H,9-11,15-16,33H2,1-2H3/t17-,23+,29-/m0/s1. The van der Waals surface area contributed by atoms with Gasteiger partial charge in [-0.2, -0.15) is 0 Å². The summed E-state index contributed by atoms with van der Waals surface area (Å²) in [6.45, 7) is 3.52. The number of hydrogen-bond acceptors (Lipinski definition) is 9. The molecular formula is C29H30F3N7O3. The van der Waals surface area contributed by atoms with Crippen LogP contribution in [0.25, 0.3) is 11.3 Å². The fourth-order valence-corrected chi connectivity index (χ4v) is 5.35. The van der Waals surface area contributed by atoms with Crippen LogP contribution >= 0.6 is 0 Å². The molecule has 0 unspecified atom stereocenters. The summed E-state index contributed by atoms with van der Waals surface area (Å²) in [5, 5.41) is 8.01. The minimum Gasteiger partial charge on any atom is -0.491 e. The summed E-state index contributed by atoms with van der Waals surface area (Å²) in [5.41, 5.74) is 6.49. The third kappa shape index (κ3) is 6.11. The SMILES string of the molecule is COCCOc1cc(F)c(-c2nc(C(=O)Cc3cnccc3N3C[C@@H](N)[C@@H](n4ccnn4)[C@@H](C)C3)ccc2F)c(F)c1. The summed E-state index contributed by atoms with van der Waals surface area (Å²) in [7, 11) is 1.46. The Bertz CT molecular complexity index is 1520. The van der Waals surface area contributed by atoms with Gasteiger partial charge in [0.2, 0.25) is 0 Å². The lowest BCUT2D eigenvalue weighted by molar-refractivity contribution is 0.0988. The van der Waals surface area contributed by atoms with Gasteiger partial charge in [0.05, 0.1) is 24.4 Å². The predicted molar refractivity (Wildman–Crippen MR) is 148 cm³/mol. The second kappa shape index (κ2) is 12.7. The van der Waals surface area contributed by atoms with Crippen LogP contribution in [-0.4, -0.2) is 70.2 Å². The summed E-state index contributed by atoms with van der Waals surface area (Å²) >= 11 is 0. The molecule has 0 aliphatic carbocycles. The summed E-state index contributed by atoms with van der Waals surface area (Å²) in [6.07, 6.45) is 6.50. The number of nitrogens with two attached hydrogens (primary N) is 1. The zero-order chi connectivity index (χ0) is 29.8. The molecule has 3 aromatic heterocycles. The lowest BCUT2D eigenvalue weighted by atomic mass is 9.89. The molecule has 220 valence electrons. The number of methoxy groups -OCH3 is 1. The van der Waals surface area contributed by atoms with Crippen LogP contribution in [0.3, 0.4) is 0 Å². The van der Waals surface area contributed by atoms with Crippen molar-refractivity contribution in [3.8, 4) is 17.0 Å². The maximum Gasteiger partial charge on any atom is 0.185 e. The number of ether oxygens (including phenoxy) is 2. The van der Waals surface area contributed by atoms with Crippen molar-refractivity contribution in [3.05, 3.63) is 83.8 Å². The lowest BCUT2D eigenvalue weighted by Crippen LogP contribution is -2.53. The molecule has 1 fully saturated rings. The molecular weight excluding hydrogens is 551 g/mol. The third-order valence-corrected chi connectivity index (χ3v) is 7.22. The van der Waals surface area contributed by atoms with E-state index in [9.17, 15) is 18.0 Å². The number of ketones is 1. The Kier molecular flexibility index (Phi) is 8.78. The van der Waals surface area contributed by atoms with Gasteiger partial charge in [-0.25, -0.2) is 22.8 Å². The van der Waals surface area contributed by atoms with Gasteiger partial charge in [-0.1, -0.05) is 12.1 Å². The zero-order valence-electron chi connectivity index (χ0n) is 23.1. The molecule has 4 heterocycles. The molecule has 13 heteroatoms. The molecule has 5 rings (SSSR count). The van der Waals surface area contributed by atoms with Gasteiger partial charge in [0.1, 0.15) is 41.2 Å². The van der Waals surface area contributed by atoms with E-state index >= 15 is 0 Å². The Labute approximate surface area is 240 Å². The molecule has 42 heavy (non-hydrogen) atoms. The van der Waals surface area contributed by atoms with Gasteiger partial charge in [0.25, 0.3) is 0 Å². The normalized spacial score (nSPS) is 18.7. The van der Waals surface area contributed by atoms with Crippen LogP contribution in [0.15, 0.2) is 55.1 Å². The molecule has 0 amide bonds. The van der Waals surface area contributed by atoms with E-state index in [1.165, 1.54) is 13.2 Å². The van der Waals surface area contributed by atoms with Gasteiger partial charge in [0.15, 0.2) is 5.78 Å². The molecule has 0 spiro atoms. The average Bonchev–Trinajstić information content (AvgIpc) is 3.48. The molecule has 1 aliphatic heterocycles. The number of hydrogen-bond donors (Lipinski definition) is 1. The van der Waals surface area contributed by atoms with Crippen LogP contribution in [0, 0.1) is 23.4 Å². The predicted octanol–water partition coefficient (Wildman–Crippen LogP) is 3.63. The highest BCUT2D eigenvalue weighted by Crippen LogP contribution is 2.33. The number of Topliss-reactive ketones (excluding diaryl/α,β-unsaturated/α-hetero) is 1. The first kappa shape index (κ1) is 29.1. The van der Waals surface area contributed by atoms with Crippen molar-refractivity contribution >= 4 is 11.5 Å². The third-order valence-electron chi connectivity index (χ3n) is 7.22. The van der Waals surface area contributed by atoms with Crippen molar-refractivity contribution < 1.29 is 27.4 Å². The van der Waals surface area contributed by atoms with Gasteiger partial charge in [-0.3, -0.25) is 9.78 Å². The highest BCUT2D eigenvalue weighted by molar-refractivity contribution is 5.97. The van der Waals surface area contributed by atoms with Crippen molar-refractivity contribution in [1.82, 2.24) is 25.0 Å². The minimum absolute atomic E-state index is 0.0377. The molecule has 4 aromatic rings. The van der Waals surface area contributed by atoms with E-state index in [-0.39, 0.29) is 49.1 Å². The average molecular weight is 582 g/mol. The molecule has 0 bridgehead atoms. The van der Waals surface area contributed by atoms with E-state index in [4.69, 9.17) is 15.2 Å². The van der Waals surface area contributed by atoms with E-state index in [0.717, 1.165) is 23.9 Å². The van der Waals surface area contributed by atoms with Gasteiger partial charge in [0, 0.05) is 74.6 Å². The number of nitrogens with zero attached hydrogens (tertiary/aromatic N) is 6. The number of halogens is 3. The van der Waals surface area contributed by atoms with E-state index in [0.29, 0.717) is 18.7 Å². The van der Waals surface area contributed by atoms with Crippen LogP contribution in [0.5, 0.6) is 5.75 Å². The van der Waals surface area contributed by atoms with Crippen molar-refractivity contribution in [3.63, 3.8) is 0 Å². The quantitative estimate of drug-likeness (QED) is 0.221. The second-order valence-corrected chi connectivity index (χ2v) is 10.2. The van der Waals surface area contributed by atoms with Crippen molar-refractivity contribution in [2.24, 2.45) is 11.7 Å². The summed E-state index contributed by atoms with van der Waals surface area (Å²) in [6, 6.07) is 5.54. The van der Waals surface area contributed by atoms with E-state index in [1.54, 1.807) is 29.5 Å². The molecule has 2 N–H and O–H groups in total. The largest absolute Gasteiger partial charge is 0.491 e. The maximum atomic E-state index is 14.9. The first-order valence-electron chi connectivity index (χ1n) is 13.4. The van der Waals surface area contributed by atoms with Crippen LogP contribution in [0.1, 0.15) is 29.0 Å². The molecule has 0 saturated carbocycles.